The summed E-state index contributed by atoms with van der Waals surface area (Å²) < 4.78 is 6.90. The zero-order valence-electron chi connectivity index (χ0n) is 15.8. The normalized spacial score (nSPS) is 35.1. The molecule has 0 aliphatic carbocycles. The Hall–Kier alpha value is -1.89. The molecule has 3 aliphatic heterocycles. The third-order valence-corrected chi connectivity index (χ3v) is 7.15. The van der Waals surface area contributed by atoms with Crippen molar-refractivity contribution in [3.8, 4) is 0 Å². The molecule has 5 rings (SSSR count). The summed E-state index contributed by atoms with van der Waals surface area (Å²) in [5, 5.41) is 23.4. The molecule has 0 bridgehead atoms. The zero-order valence-corrected chi connectivity index (χ0v) is 15.8. The number of rotatable bonds is 2. The number of methoxy groups -OCH3 is 1. The number of carbonyl (C=O) groups excluding carboxylic acids is 1. The summed E-state index contributed by atoms with van der Waals surface area (Å²) in [5.74, 6) is -0.630. The van der Waals surface area contributed by atoms with Crippen LogP contribution in [0.2, 0.25) is 0 Å². The van der Waals surface area contributed by atoms with E-state index in [9.17, 15) is 15.0 Å². The molecule has 27 heavy (non-hydrogen) atoms. The highest BCUT2D eigenvalue weighted by molar-refractivity contribution is 5.90. The molecule has 144 valence electrons. The molecule has 4 heterocycles. The molecule has 2 N–H and O–H groups in total. The summed E-state index contributed by atoms with van der Waals surface area (Å²) >= 11 is 0. The third-order valence-electron chi connectivity index (χ3n) is 7.15. The first kappa shape index (κ1) is 17.2. The SMILES string of the molecule is CC[C@]12C[C@H](O)CN3CCc4c(n(c5ccccc45)[C@@](O)(C(=O)OC)C1)[C@H]32. The molecule has 0 radical (unpaired) electrons. The van der Waals surface area contributed by atoms with Gasteiger partial charge in [0.1, 0.15) is 0 Å². The number of carbonyl (C=O) groups is 1. The quantitative estimate of drug-likeness (QED) is 0.790. The average molecular weight is 370 g/mol. The molecular formula is C21H26N2O4. The van der Waals surface area contributed by atoms with Crippen LogP contribution in [0.1, 0.15) is 43.5 Å². The van der Waals surface area contributed by atoms with Gasteiger partial charge in [-0.05, 0) is 36.3 Å². The van der Waals surface area contributed by atoms with Crippen molar-refractivity contribution in [3.05, 3.63) is 35.5 Å². The predicted molar refractivity (Wildman–Crippen MR) is 100 cm³/mol. The molecule has 6 heteroatoms. The van der Waals surface area contributed by atoms with E-state index < -0.39 is 17.8 Å². The van der Waals surface area contributed by atoms with Crippen LogP contribution in [0.4, 0.5) is 0 Å². The van der Waals surface area contributed by atoms with Gasteiger partial charge in [-0.15, -0.1) is 0 Å². The molecule has 4 atom stereocenters. The second kappa shape index (κ2) is 5.56. The second-order valence-electron chi connectivity index (χ2n) is 8.42. The van der Waals surface area contributed by atoms with Crippen LogP contribution in [0.25, 0.3) is 10.9 Å². The highest BCUT2D eigenvalue weighted by Gasteiger charge is 2.61. The maximum atomic E-state index is 12.8. The first-order chi connectivity index (χ1) is 12.9. The molecule has 3 aliphatic rings. The molecule has 0 saturated carbocycles. The maximum Gasteiger partial charge on any atom is 0.359 e. The van der Waals surface area contributed by atoms with Crippen LogP contribution in [-0.2, 0) is 21.7 Å². The largest absolute Gasteiger partial charge is 0.465 e. The number of aliphatic hydroxyl groups is 2. The van der Waals surface area contributed by atoms with E-state index in [1.165, 1.54) is 12.7 Å². The lowest BCUT2D eigenvalue weighted by Crippen LogP contribution is -2.62. The molecule has 0 unspecified atom stereocenters. The molecule has 0 spiro atoms. The molecule has 2 aromatic rings. The van der Waals surface area contributed by atoms with Gasteiger partial charge >= 0.3 is 5.97 Å². The molecule has 1 aromatic heterocycles. The molecule has 1 aromatic carbocycles. The van der Waals surface area contributed by atoms with Crippen LogP contribution in [-0.4, -0.2) is 52.0 Å². The average Bonchev–Trinajstić information content (AvgIpc) is 3.01. The molecule has 0 amide bonds. The van der Waals surface area contributed by atoms with Gasteiger partial charge in [-0.3, -0.25) is 4.90 Å². The number of nitrogens with zero attached hydrogens (tertiary/aromatic N) is 2. The summed E-state index contributed by atoms with van der Waals surface area (Å²) in [6, 6.07) is 8.11. The van der Waals surface area contributed by atoms with Gasteiger partial charge < -0.3 is 19.5 Å². The van der Waals surface area contributed by atoms with E-state index in [-0.39, 0.29) is 17.9 Å². The Morgan fingerprint density at radius 3 is 2.89 bits per heavy atom. The Labute approximate surface area is 158 Å². The Balaban J connectivity index is 1.88. The molecule has 1 saturated heterocycles. The van der Waals surface area contributed by atoms with Crippen molar-refractivity contribution < 1.29 is 19.7 Å². The monoisotopic (exact) mass is 370 g/mol. The van der Waals surface area contributed by atoms with Gasteiger partial charge in [-0.1, -0.05) is 25.1 Å². The fourth-order valence-electron chi connectivity index (χ4n) is 6.15. The lowest BCUT2D eigenvalue weighted by molar-refractivity contribution is -0.199. The van der Waals surface area contributed by atoms with Crippen molar-refractivity contribution >= 4 is 16.9 Å². The van der Waals surface area contributed by atoms with E-state index in [4.69, 9.17) is 4.74 Å². The Morgan fingerprint density at radius 1 is 1.37 bits per heavy atom. The minimum absolute atomic E-state index is 0.104. The Bertz CT molecular complexity index is 938. The van der Waals surface area contributed by atoms with Gasteiger partial charge in [0.05, 0.1) is 24.8 Å². The summed E-state index contributed by atoms with van der Waals surface area (Å²) in [6.07, 6.45) is 2.03. The summed E-state index contributed by atoms with van der Waals surface area (Å²) in [7, 11) is 1.32. The molecule has 1 fully saturated rings. The van der Waals surface area contributed by atoms with E-state index >= 15 is 0 Å². The van der Waals surface area contributed by atoms with Gasteiger partial charge in [0.2, 0.25) is 5.72 Å². The summed E-state index contributed by atoms with van der Waals surface area (Å²) in [4.78, 5) is 15.2. The van der Waals surface area contributed by atoms with Gasteiger partial charge in [0.25, 0.3) is 0 Å². The van der Waals surface area contributed by atoms with Crippen LogP contribution in [0.5, 0.6) is 0 Å². The van der Waals surface area contributed by atoms with Gasteiger partial charge in [0, 0.05) is 30.6 Å². The Kier molecular flexibility index (Phi) is 3.55. The summed E-state index contributed by atoms with van der Waals surface area (Å²) in [6.45, 7) is 3.63. The van der Waals surface area contributed by atoms with E-state index in [2.05, 4.69) is 17.9 Å². The molecule has 6 nitrogen and oxygen atoms in total. The first-order valence-corrected chi connectivity index (χ1v) is 9.81. The topological polar surface area (TPSA) is 74.9 Å². The van der Waals surface area contributed by atoms with Crippen molar-refractivity contribution in [2.45, 2.75) is 50.5 Å². The van der Waals surface area contributed by atoms with Crippen LogP contribution in [0, 0.1) is 5.41 Å². The minimum atomic E-state index is -1.76. The molecular weight excluding hydrogens is 344 g/mol. The maximum absolute atomic E-state index is 12.8. The highest BCUT2D eigenvalue weighted by Crippen LogP contribution is 2.60. The number of aromatic nitrogens is 1. The van der Waals surface area contributed by atoms with Gasteiger partial charge in [0.15, 0.2) is 0 Å². The first-order valence-electron chi connectivity index (χ1n) is 9.81. The number of fused-ring (bicyclic) bond motifs is 3. The zero-order chi connectivity index (χ0) is 19.0. The number of para-hydroxylation sites is 1. The number of piperidine rings is 1. The second-order valence-corrected chi connectivity index (χ2v) is 8.42. The van der Waals surface area contributed by atoms with E-state index in [0.29, 0.717) is 13.0 Å². The van der Waals surface area contributed by atoms with Crippen LogP contribution < -0.4 is 0 Å². The number of esters is 1. The van der Waals surface area contributed by atoms with Crippen molar-refractivity contribution in [2.24, 2.45) is 5.41 Å². The lowest BCUT2D eigenvalue weighted by atomic mass is 9.61. The predicted octanol–water partition coefficient (Wildman–Crippen LogP) is 1.92. The number of ether oxygens (including phenoxy) is 1. The van der Waals surface area contributed by atoms with Crippen molar-refractivity contribution in [1.29, 1.82) is 0 Å². The van der Waals surface area contributed by atoms with E-state index in [1.54, 1.807) is 0 Å². The number of hydrogen-bond donors (Lipinski definition) is 2. The fourth-order valence-corrected chi connectivity index (χ4v) is 6.15. The fraction of sp³-hybridized carbons (Fsp3) is 0.571. The van der Waals surface area contributed by atoms with Crippen molar-refractivity contribution in [3.63, 3.8) is 0 Å². The van der Waals surface area contributed by atoms with E-state index in [0.717, 1.165) is 36.0 Å². The number of benzene rings is 1. The summed E-state index contributed by atoms with van der Waals surface area (Å²) in [5.41, 5.74) is 1.03. The standard InChI is InChI=1S/C21H26N2O4/c1-3-20-10-13(24)11-22-9-8-15-14-6-4-5-7-16(14)23(17(15)18(20)22)21(26,12-20)19(25)27-2/h4-7,13,18,24,26H,3,8-12H2,1-2H3/t13-,18-,20-,21-/m0/s1. The van der Waals surface area contributed by atoms with E-state index in [1.807, 2.05) is 22.8 Å². The van der Waals surface area contributed by atoms with Crippen molar-refractivity contribution in [2.75, 3.05) is 20.2 Å². The third kappa shape index (κ3) is 2.03. The minimum Gasteiger partial charge on any atom is -0.465 e. The Morgan fingerprint density at radius 2 is 2.15 bits per heavy atom. The van der Waals surface area contributed by atoms with Crippen LogP contribution in [0.3, 0.4) is 0 Å². The van der Waals surface area contributed by atoms with Crippen LogP contribution in [0.15, 0.2) is 24.3 Å². The number of hydrogen-bond acceptors (Lipinski definition) is 5. The van der Waals surface area contributed by atoms with Crippen molar-refractivity contribution in [1.82, 2.24) is 9.47 Å². The highest BCUT2D eigenvalue weighted by atomic mass is 16.5. The van der Waals surface area contributed by atoms with Crippen LogP contribution >= 0.6 is 0 Å². The lowest BCUT2D eigenvalue weighted by Gasteiger charge is -2.58. The number of aliphatic hydroxyl groups excluding tert-OH is 1. The van der Waals surface area contributed by atoms with Gasteiger partial charge in [-0.25, -0.2) is 4.79 Å². The smallest absolute Gasteiger partial charge is 0.359 e. The van der Waals surface area contributed by atoms with Gasteiger partial charge in [-0.2, -0.15) is 0 Å².